The number of hydrogen-bond donors (Lipinski definition) is 1. The van der Waals surface area contributed by atoms with Gasteiger partial charge in [-0.25, -0.2) is 13.2 Å². The number of fused-ring (bicyclic) bond motifs is 1. The molecule has 0 radical (unpaired) electrons. The van der Waals surface area contributed by atoms with Crippen molar-refractivity contribution in [2.24, 2.45) is 0 Å². The Morgan fingerprint density at radius 2 is 1.79 bits per heavy atom. The van der Waals surface area contributed by atoms with Crippen molar-refractivity contribution < 1.29 is 27.4 Å². The molecule has 0 saturated heterocycles. The molecule has 3 rings (SSSR count). The molecule has 2 aromatic carbocycles. The van der Waals surface area contributed by atoms with Crippen LogP contribution in [0.2, 0.25) is 0 Å². The largest absolute Gasteiger partial charge is 0.486 e. The van der Waals surface area contributed by atoms with E-state index in [-0.39, 0.29) is 10.5 Å². The predicted octanol–water partition coefficient (Wildman–Crippen LogP) is 2.05. The number of methoxy groups -OCH3 is 1. The van der Waals surface area contributed by atoms with Crippen molar-refractivity contribution in [1.82, 2.24) is 0 Å². The minimum absolute atomic E-state index is 0.0370. The summed E-state index contributed by atoms with van der Waals surface area (Å²) in [5, 5.41) is 0. The maximum absolute atomic E-state index is 12.6. The Kier molecular flexibility index (Phi) is 4.30. The van der Waals surface area contributed by atoms with Gasteiger partial charge in [0.05, 0.1) is 18.4 Å². The van der Waals surface area contributed by atoms with Crippen molar-refractivity contribution in [3.05, 3.63) is 48.0 Å². The molecule has 24 heavy (non-hydrogen) atoms. The van der Waals surface area contributed by atoms with Crippen molar-refractivity contribution >= 4 is 21.7 Å². The highest BCUT2D eigenvalue weighted by Gasteiger charge is 2.23. The van der Waals surface area contributed by atoms with Gasteiger partial charge >= 0.3 is 5.97 Å². The molecule has 1 aliphatic rings. The molecule has 0 saturated carbocycles. The molecule has 126 valence electrons. The number of anilines is 1. The summed E-state index contributed by atoms with van der Waals surface area (Å²) in [6.45, 7) is 0.846. The summed E-state index contributed by atoms with van der Waals surface area (Å²) in [5.74, 6) is 0.292. The minimum Gasteiger partial charge on any atom is -0.486 e. The molecule has 7 nitrogen and oxygen atoms in total. The van der Waals surface area contributed by atoms with Crippen LogP contribution in [-0.2, 0) is 14.8 Å². The molecular weight excluding hydrogens is 334 g/mol. The summed E-state index contributed by atoms with van der Waals surface area (Å²) in [7, 11) is -2.78. The van der Waals surface area contributed by atoms with Crippen molar-refractivity contribution in [1.29, 1.82) is 0 Å². The summed E-state index contributed by atoms with van der Waals surface area (Å²) >= 11 is 0. The van der Waals surface area contributed by atoms with E-state index in [2.05, 4.69) is 9.46 Å². The molecule has 2 aromatic rings. The number of carbonyl (C=O) groups excluding carboxylic acids is 1. The lowest BCUT2D eigenvalue weighted by molar-refractivity contribution is 0.0596. The summed E-state index contributed by atoms with van der Waals surface area (Å²) in [4.78, 5) is 11.6. The number of carbonyl (C=O) groups is 1. The molecule has 1 heterocycles. The van der Waals surface area contributed by atoms with Gasteiger partial charge in [-0.3, -0.25) is 4.72 Å². The van der Waals surface area contributed by atoms with Gasteiger partial charge < -0.3 is 14.2 Å². The Balaban J connectivity index is 1.94. The number of benzene rings is 2. The van der Waals surface area contributed by atoms with Crippen LogP contribution in [0, 0.1) is 0 Å². The molecule has 0 spiro atoms. The lowest BCUT2D eigenvalue weighted by Gasteiger charge is -2.19. The first-order chi connectivity index (χ1) is 11.5. The maximum Gasteiger partial charge on any atom is 0.339 e. The van der Waals surface area contributed by atoms with Gasteiger partial charge in [-0.1, -0.05) is 12.1 Å². The van der Waals surface area contributed by atoms with Crippen molar-refractivity contribution in [3.63, 3.8) is 0 Å². The first-order valence-electron chi connectivity index (χ1n) is 7.11. The normalized spacial score (nSPS) is 13.2. The molecule has 0 amide bonds. The number of sulfonamides is 1. The van der Waals surface area contributed by atoms with Gasteiger partial charge in [-0.2, -0.15) is 0 Å². The van der Waals surface area contributed by atoms with E-state index in [4.69, 9.17) is 9.47 Å². The molecule has 0 atom stereocenters. The fourth-order valence-corrected chi connectivity index (χ4v) is 3.54. The number of ether oxygens (including phenoxy) is 3. The highest BCUT2D eigenvalue weighted by Crippen LogP contribution is 2.33. The van der Waals surface area contributed by atoms with Gasteiger partial charge in [-0.15, -0.1) is 0 Å². The fraction of sp³-hybridized carbons (Fsp3) is 0.188. The molecule has 1 aliphatic heterocycles. The molecule has 0 fully saturated rings. The molecule has 0 aliphatic carbocycles. The SMILES string of the molecule is COC(=O)c1ccccc1S(=O)(=O)Nc1ccc2c(c1)OCCO2. The highest BCUT2D eigenvalue weighted by atomic mass is 32.2. The third-order valence-electron chi connectivity index (χ3n) is 3.38. The topological polar surface area (TPSA) is 90.9 Å². The third-order valence-corrected chi connectivity index (χ3v) is 4.82. The van der Waals surface area contributed by atoms with E-state index in [0.717, 1.165) is 0 Å². The van der Waals surface area contributed by atoms with Gasteiger partial charge in [0, 0.05) is 6.07 Å². The van der Waals surface area contributed by atoms with E-state index in [1.165, 1.54) is 31.4 Å². The summed E-state index contributed by atoms with van der Waals surface area (Å²) < 4.78 is 43.1. The number of esters is 1. The van der Waals surface area contributed by atoms with Crippen molar-refractivity contribution in [2.45, 2.75) is 4.90 Å². The zero-order valence-electron chi connectivity index (χ0n) is 12.8. The Labute approximate surface area is 139 Å². The summed E-state index contributed by atoms with van der Waals surface area (Å²) in [6.07, 6.45) is 0. The number of nitrogens with one attached hydrogen (secondary N) is 1. The fourth-order valence-electron chi connectivity index (χ4n) is 2.30. The average molecular weight is 349 g/mol. The highest BCUT2D eigenvalue weighted by molar-refractivity contribution is 7.92. The number of hydrogen-bond acceptors (Lipinski definition) is 6. The van der Waals surface area contributed by atoms with Gasteiger partial charge in [0.25, 0.3) is 10.0 Å². The standard InChI is InChI=1S/C16H15NO6S/c1-21-16(18)12-4-2-3-5-15(12)24(19,20)17-11-6-7-13-14(10-11)23-9-8-22-13/h2-7,10,17H,8-9H2,1H3. The van der Waals surface area contributed by atoms with Gasteiger partial charge in [0.15, 0.2) is 11.5 Å². The minimum atomic E-state index is -3.97. The van der Waals surface area contributed by atoms with Crippen LogP contribution in [0.4, 0.5) is 5.69 Å². The van der Waals surface area contributed by atoms with Crippen molar-refractivity contribution in [3.8, 4) is 11.5 Å². The Morgan fingerprint density at radius 1 is 1.08 bits per heavy atom. The lowest BCUT2D eigenvalue weighted by atomic mass is 10.2. The Hall–Kier alpha value is -2.74. The molecule has 0 unspecified atom stereocenters. The molecule has 1 N–H and O–H groups in total. The second kappa shape index (κ2) is 6.40. The second-order valence-electron chi connectivity index (χ2n) is 4.95. The average Bonchev–Trinajstić information content (AvgIpc) is 2.60. The van der Waals surface area contributed by atoms with E-state index in [1.54, 1.807) is 18.2 Å². The van der Waals surface area contributed by atoms with Crippen LogP contribution in [0.15, 0.2) is 47.4 Å². The predicted molar refractivity (Wildman–Crippen MR) is 86.0 cm³/mol. The van der Waals surface area contributed by atoms with Gasteiger partial charge in [0.1, 0.15) is 18.1 Å². The smallest absolute Gasteiger partial charge is 0.339 e. The van der Waals surface area contributed by atoms with Crippen LogP contribution >= 0.6 is 0 Å². The van der Waals surface area contributed by atoms with E-state index >= 15 is 0 Å². The monoisotopic (exact) mass is 349 g/mol. The van der Waals surface area contributed by atoms with Crippen LogP contribution in [0.25, 0.3) is 0 Å². The van der Waals surface area contributed by atoms with E-state index < -0.39 is 16.0 Å². The Morgan fingerprint density at radius 3 is 2.54 bits per heavy atom. The van der Waals surface area contributed by atoms with E-state index in [1.807, 2.05) is 0 Å². The number of rotatable bonds is 4. The van der Waals surface area contributed by atoms with Gasteiger partial charge in [0.2, 0.25) is 0 Å². The third kappa shape index (κ3) is 3.13. The Bertz CT molecular complexity index is 878. The zero-order chi connectivity index (χ0) is 17.2. The molecule has 0 bridgehead atoms. The quantitative estimate of drug-likeness (QED) is 0.850. The molecular formula is C16H15NO6S. The van der Waals surface area contributed by atoms with E-state index in [9.17, 15) is 13.2 Å². The maximum atomic E-state index is 12.6. The van der Waals surface area contributed by atoms with Crippen LogP contribution in [0.3, 0.4) is 0 Å². The first-order valence-corrected chi connectivity index (χ1v) is 8.59. The van der Waals surface area contributed by atoms with Crippen LogP contribution in [0.1, 0.15) is 10.4 Å². The van der Waals surface area contributed by atoms with Crippen LogP contribution in [-0.4, -0.2) is 34.7 Å². The lowest BCUT2D eigenvalue weighted by Crippen LogP contribution is -2.18. The first kappa shape index (κ1) is 16.1. The van der Waals surface area contributed by atoms with Crippen LogP contribution < -0.4 is 14.2 Å². The zero-order valence-corrected chi connectivity index (χ0v) is 13.6. The molecule has 8 heteroatoms. The van der Waals surface area contributed by atoms with Gasteiger partial charge in [-0.05, 0) is 24.3 Å². The van der Waals surface area contributed by atoms with Crippen LogP contribution in [0.5, 0.6) is 11.5 Å². The van der Waals surface area contributed by atoms with Crippen molar-refractivity contribution in [2.75, 3.05) is 25.0 Å². The summed E-state index contributed by atoms with van der Waals surface area (Å²) in [5.41, 5.74) is 0.268. The molecule has 0 aromatic heterocycles. The van der Waals surface area contributed by atoms with E-state index in [0.29, 0.717) is 30.4 Å². The summed E-state index contributed by atoms with van der Waals surface area (Å²) in [6, 6.07) is 10.5. The second-order valence-corrected chi connectivity index (χ2v) is 6.60.